The molecule has 5 rings (SSSR count). The van der Waals surface area contributed by atoms with Crippen LogP contribution in [0.1, 0.15) is 59.2 Å². The van der Waals surface area contributed by atoms with Crippen LogP contribution in [0.3, 0.4) is 0 Å². The van der Waals surface area contributed by atoms with Gasteiger partial charge in [0.1, 0.15) is 5.75 Å². The summed E-state index contributed by atoms with van der Waals surface area (Å²) in [5, 5.41) is 16.1. The number of aromatic nitrogens is 2. The zero-order valence-corrected chi connectivity index (χ0v) is 26.3. The van der Waals surface area contributed by atoms with Gasteiger partial charge in [-0.05, 0) is 74.1 Å². The summed E-state index contributed by atoms with van der Waals surface area (Å²) in [5.41, 5.74) is 6.17. The van der Waals surface area contributed by atoms with E-state index in [4.69, 9.17) is 14.6 Å². The monoisotopic (exact) mass is 624 g/mol. The third kappa shape index (κ3) is 8.12. The van der Waals surface area contributed by atoms with Crippen molar-refractivity contribution in [2.45, 2.75) is 52.5 Å². The van der Waals surface area contributed by atoms with Crippen molar-refractivity contribution in [3.63, 3.8) is 0 Å². The van der Waals surface area contributed by atoms with Gasteiger partial charge >= 0.3 is 5.97 Å². The van der Waals surface area contributed by atoms with Crippen LogP contribution in [0.15, 0.2) is 73.1 Å². The van der Waals surface area contributed by atoms with Gasteiger partial charge in [-0.25, -0.2) is 0 Å². The zero-order chi connectivity index (χ0) is 32.5. The molecule has 0 spiro atoms. The number of hydrogen-bond donors (Lipinski definition) is 2. The van der Waals surface area contributed by atoms with E-state index in [-0.39, 0.29) is 18.2 Å². The molecule has 10 heteroatoms. The molecule has 4 aromatic rings. The Morgan fingerprint density at radius 3 is 2.70 bits per heavy atom. The highest BCUT2D eigenvalue weighted by Gasteiger charge is 2.25. The van der Waals surface area contributed by atoms with E-state index in [9.17, 15) is 14.4 Å². The van der Waals surface area contributed by atoms with Gasteiger partial charge in [-0.2, -0.15) is 5.10 Å². The number of carboxylic acids is 1. The van der Waals surface area contributed by atoms with E-state index in [1.165, 1.54) is 5.56 Å². The van der Waals surface area contributed by atoms with Gasteiger partial charge in [-0.3, -0.25) is 19.1 Å². The second-order valence-electron chi connectivity index (χ2n) is 11.4. The number of nitrogens with one attached hydrogen (secondary N) is 1. The molecule has 0 fully saturated rings. The topological polar surface area (TPSA) is 123 Å². The number of ether oxygens (including phenoxy) is 2. The number of carboxylic acid groups (broad SMARTS) is 1. The molecule has 2 heterocycles. The molecule has 1 aromatic heterocycles. The number of anilines is 1. The molecule has 240 valence electrons. The van der Waals surface area contributed by atoms with Crippen LogP contribution in [0.5, 0.6) is 11.5 Å². The molecule has 1 aliphatic rings. The van der Waals surface area contributed by atoms with Gasteiger partial charge in [-0.15, -0.1) is 0 Å². The first kappa shape index (κ1) is 32.3. The Labute approximate surface area is 268 Å². The molecule has 0 aliphatic carbocycles. The fourth-order valence-corrected chi connectivity index (χ4v) is 5.44. The SMILES string of the molecule is Cc1cccc(OCCCC(=O)N2CCCOc3c(-c4cnn(Cc5cccc(C(=O)NCCCC(=O)O)c5)c4)cccc32)c1C. The van der Waals surface area contributed by atoms with Gasteiger partial charge in [0.05, 0.1) is 31.6 Å². The van der Waals surface area contributed by atoms with Gasteiger partial charge < -0.3 is 24.8 Å². The Morgan fingerprint density at radius 1 is 1.02 bits per heavy atom. The van der Waals surface area contributed by atoms with E-state index in [1.807, 2.05) is 66.6 Å². The second-order valence-corrected chi connectivity index (χ2v) is 11.4. The average molecular weight is 625 g/mol. The summed E-state index contributed by atoms with van der Waals surface area (Å²) in [5.74, 6) is 0.431. The van der Waals surface area contributed by atoms with E-state index >= 15 is 0 Å². The zero-order valence-electron chi connectivity index (χ0n) is 26.3. The van der Waals surface area contributed by atoms with Crippen molar-refractivity contribution in [3.8, 4) is 22.6 Å². The molecule has 0 unspecified atom stereocenters. The molecule has 0 radical (unpaired) electrons. The summed E-state index contributed by atoms with van der Waals surface area (Å²) in [6.07, 6.45) is 5.79. The highest BCUT2D eigenvalue weighted by atomic mass is 16.5. The van der Waals surface area contributed by atoms with Crippen LogP contribution in [0.2, 0.25) is 0 Å². The molecule has 0 bridgehead atoms. The number of nitrogens with zero attached hydrogens (tertiary/aromatic N) is 3. The Hall–Kier alpha value is -5.12. The van der Waals surface area contributed by atoms with Gasteiger partial charge in [0.2, 0.25) is 5.91 Å². The number of aliphatic carboxylic acids is 1. The lowest BCUT2D eigenvalue weighted by Gasteiger charge is -2.23. The molecule has 2 amide bonds. The first-order chi connectivity index (χ1) is 22.3. The van der Waals surface area contributed by atoms with Gasteiger partial charge in [-0.1, -0.05) is 36.4 Å². The third-order valence-corrected chi connectivity index (χ3v) is 8.04. The minimum Gasteiger partial charge on any atom is -0.493 e. The lowest BCUT2D eigenvalue weighted by Crippen LogP contribution is -2.31. The summed E-state index contributed by atoms with van der Waals surface area (Å²) in [4.78, 5) is 38.5. The van der Waals surface area contributed by atoms with Crippen molar-refractivity contribution in [1.29, 1.82) is 0 Å². The Morgan fingerprint density at radius 2 is 1.85 bits per heavy atom. The third-order valence-electron chi connectivity index (χ3n) is 8.04. The standard InChI is InChI=1S/C36H40N4O6/c1-25-9-3-14-32(26(25)2)45-19-7-15-33(41)40-18-8-20-46-35-30(12-5-13-31(35)40)29-22-38-39(24-29)23-27-10-4-11-28(21-27)36(44)37-17-6-16-34(42)43/h3-5,9-14,21-22,24H,6-8,15-20,23H2,1-2H3,(H,37,44)(H,42,43). The van der Waals surface area contributed by atoms with Crippen molar-refractivity contribution in [2.24, 2.45) is 0 Å². The molecule has 1 aliphatic heterocycles. The number of rotatable bonds is 13. The predicted molar refractivity (Wildman–Crippen MR) is 176 cm³/mol. The number of carbonyl (C=O) groups is 3. The lowest BCUT2D eigenvalue weighted by atomic mass is 10.1. The van der Waals surface area contributed by atoms with Crippen LogP contribution in [0, 0.1) is 13.8 Å². The van der Waals surface area contributed by atoms with Crippen LogP contribution < -0.4 is 19.7 Å². The molecule has 10 nitrogen and oxygen atoms in total. The summed E-state index contributed by atoms with van der Waals surface area (Å²) in [6, 6.07) is 19.1. The summed E-state index contributed by atoms with van der Waals surface area (Å²) in [7, 11) is 0. The molecule has 0 atom stereocenters. The van der Waals surface area contributed by atoms with E-state index in [2.05, 4.69) is 23.4 Å². The maximum Gasteiger partial charge on any atom is 0.303 e. The normalized spacial score (nSPS) is 12.5. The Kier molecular flexibility index (Phi) is 10.7. The predicted octanol–water partition coefficient (Wildman–Crippen LogP) is 5.78. The second kappa shape index (κ2) is 15.2. The van der Waals surface area contributed by atoms with E-state index in [0.29, 0.717) is 63.4 Å². The molecular weight excluding hydrogens is 584 g/mol. The van der Waals surface area contributed by atoms with Crippen LogP contribution in [-0.2, 0) is 16.1 Å². The number of para-hydroxylation sites is 1. The van der Waals surface area contributed by atoms with Crippen molar-refractivity contribution in [2.75, 3.05) is 31.2 Å². The minimum atomic E-state index is -0.885. The van der Waals surface area contributed by atoms with Crippen LogP contribution in [0.25, 0.3) is 11.1 Å². The molecule has 0 saturated heterocycles. The number of hydrogen-bond acceptors (Lipinski definition) is 6. The lowest BCUT2D eigenvalue weighted by molar-refractivity contribution is -0.137. The molecular formula is C36H40N4O6. The fraction of sp³-hybridized carbons (Fsp3) is 0.333. The van der Waals surface area contributed by atoms with E-state index in [1.54, 1.807) is 16.9 Å². The summed E-state index contributed by atoms with van der Waals surface area (Å²) in [6.45, 7) is 6.39. The van der Waals surface area contributed by atoms with Gasteiger partial charge in [0.15, 0.2) is 5.75 Å². The van der Waals surface area contributed by atoms with E-state index in [0.717, 1.165) is 40.1 Å². The van der Waals surface area contributed by atoms with Crippen molar-refractivity contribution >= 4 is 23.5 Å². The first-order valence-electron chi connectivity index (χ1n) is 15.7. The number of fused-ring (bicyclic) bond motifs is 1. The fourth-order valence-electron chi connectivity index (χ4n) is 5.44. The number of amides is 2. The number of carbonyl (C=O) groups excluding carboxylic acids is 2. The molecule has 46 heavy (non-hydrogen) atoms. The van der Waals surface area contributed by atoms with Gasteiger partial charge in [0, 0.05) is 48.8 Å². The largest absolute Gasteiger partial charge is 0.493 e. The summed E-state index contributed by atoms with van der Waals surface area (Å²) < 4.78 is 14.0. The number of aryl methyl sites for hydroxylation is 1. The van der Waals surface area contributed by atoms with Crippen LogP contribution >= 0.6 is 0 Å². The maximum atomic E-state index is 13.4. The van der Waals surface area contributed by atoms with E-state index < -0.39 is 5.97 Å². The number of benzene rings is 3. The van der Waals surface area contributed by atoms with Crippen molar-refractivity contribution in [3.05, 3.63) is 95.3 Å². The summed E-state index contributed by atoms with van der Waals surface area (Å²) >= 11 is 0. The smallest absolute Gasteiger partial charge is 0.303 e. The van der Waals surface area contributed by atoms with Crippen LogP contribution in [0.4, 0.5) is 5.69 Å². The molecule has 3 aromatic carbocycles. The highest BCUT2D eigenvalue weighted by molar-refractivity contribution is 5.97. The van der Waals surface area contributed by atoms with Crippen LogP contribution in [-0.4, -0.2) is 59.0 Å². The quantitative estimate of drug-likeness (QED) is 0.181. The average Bonchev–Trinajstić information content (AvgIpc) is 3.39. The Balaban J connectivity index is 1.23. The maximum absolute atomic E-state index is 13.4. The highest BCUT2D eigenvalue weighted by Crippen LogP contribution is 2.40. The molecule has 2 N–H and O–H groups in total. The Bertz CT molecular complexity index is 1700. The minimum absolute atomic E-state index is 0.0100. The van der Waals surface area contributed by atoms with Crippen molar-refractivity contribution in [1.82, 2.24) is 15.1 Å². The first-order valence-corrected chi connectivity index (χ1v) is 15.7. The molecule has 0 saturated carbocycles. The van der Waals surface area contributed by atoms with Crippen molar-refractivity contribution < 1.29 is 29.0 Å². The van der Waals surface area contributed by atoms with Gasteiger partial charge in [0.25, 0.3) is 5.91 Å².